The van der Waals surface area contributed by atoms with Crippen molar-refractivity contribution in [3.63, 3.8) is 0 Å². The molecule has 0 aliphatic rings. The van der Waals surface area contributed by atoms with Crippen LogP contribution in [-0.4, -0.2) is 31.4 Å². The second-order valence-corrected chi connectivity index (χ2v) is 6.07. The SMILES string of the molecule is COC(=O)CNC(=O)c1ccc(NC(=O)c2ccc(C(C)C)cc2)cc1. The summed E-state index contributed by atoms with van der Waals surface area (Å²) in [6, 6.07) is 13.9. The number of methoxy groups -OCH3 is 1. The topological polar surface area (TPSA) is 84.5 Å². The van der Waals surface area contributed by atoms with E-state index in [2.05, 4.69) is 29.2 Å². The van der Waals surface area contributed by atoms with E-state index in [4.69, 9.17) is 0 Å². The largest absolute Gasteiger partial charge is 0.468 e. The van der Waals surface area contributed by atoms with Gasteiger partial charge in [0.2, 0.25) is 0 Å². The summed E-state index contributed by atoms with van der Waals surface area (Å²) >= 11 is 0. The number of carbonyl (C=O) groups excluding carboxylic acids is 3. The number of benzene rings is 2. The molecular formula is C20H22N2O4. The van der Waals surface area contributed by atoms with Gasteiger partial charge < -0.3 is 15.4 Å². The van der Waals surface area contributed by atoms with E-state index < -0.39 is 11.9 Å². The van der Waals surface area contributed by atoms with Crippen LogP contribution in [0.5, 0.6) is 0 Å². The lowest BCUT2D eigenvalue weighted by atomic mass is 10.0. The van der Waals surface area contributed by atoms with Gasteiger partial charge in [0.05, 0.1) is 7.11 Å². The Labute approximate surface area is 152 Å². The number of hydrogen-bond acceptors (Lipinski definition) is 4. The molecule has 0 saturated carbocycles. The summed E-state index contributed by atoms with van der Waals surface area (Å²) in [5.41, 5.74) is 2.69. The summed E-state index contributed by atoms with van der Waals surface area (Å²) in [7, 11) is 1.25. The van der Waals surface area contributed by atoms with Crippen molar-refractivity contribution < 1.29 is 19.1 Å². The van der Waals surface area contributed by atoms with Crippen molar-refractivity contribution in [2.75, 3.05) is 19.0 Å². The Hall–Kier alpha value is -3.15. The Balaban J connectivity index is 1.96. The third kappa shape index (κ3) is 5.17. The Morgan fingerprint density at radius 3 is 1.96 bits per heavy atom. The monoisotopic (exact) mass is 354 g/mol. The molecule has 0 saturated heterocycles. The lowest BCUT2D eigenvalue weighted by molar-refractivity contribution is -0.139. The number of carbonyl (C=O) groups is 3. The van der Waals surface area contributed by atoms with E-state index >= 15 is 0 Å². The first-order chi connectivity index (χ1) is 12.4. The second-order valence-electron chi connectivity index (χ2n) is 6.07. The molecule has 2 aromatic rings. The van der Waals surface area contributed by atoms with E-state index in [1.807, 2.05) is 12.1 Å². The molecule has 0 aromatic heterocycles. The predicted octanol–water partition coefficient (Wildman–Crippen LogP) is 2.97. The molecule has 6 nitrogen and oxygen atoms in total. The van der Waals surface area contributed by atoms with Gasteiger partial charge >= 0.3 is 5.97 Å². The van der Waals surface area contributed by atoms with Gasteiger partial charge in [-0.3, -0.25) is 14.4 Å². The van der Waals surface area contributed by atoms with Crippen molar-refractivity contribution in [1.29, 1.82) is 0 Å². The predicted molar refractivity (Wildman–Crippen MR) is 99.3 cm³/mol. The van der Waals surface area contributed by atoms with Crippen molar-refractivity contribution >= 4 is 23.5 Å². The lowest BCUT2D eigenvalue weighted by Gasteiger charge is -2.09. The fourth-order valence-electron chi connectivity index (χ4n) is 2.25. The van der Waals surface area contributed by atoms with Crippen molar-refractivity contribution in [1.82, 2.24) is 5.32 Å². The first-order valence-corrected chi connectivity index (χ1v) is 8.27. The van der Waals surface area contributed by atoms with Crippen LogP contribution in [0.2, 0.25) is 0 Å². The molecule has 2 amide bonds. The molecule has 6 heteroatoms. The summed E-state index contributed by atoms with van der Waals surface area (Å²) in [6.45, 7) is 4.00. The Morgan fingerprint density at radius 1 is 0.885 bits per heavy atom. The van der Waals surface area contributed by atoms with Gasteiger partial charge in [-0.2, -0.15) is 0 Å². The molecule has 0 aliphatic carbocycles. The van der Waals surface area contributed by atoms with Gasteiger partial charge in [-0.25, -0.2) is 0 Å². The number of anilines is 1. The molecule has 0 atom stereocenters. The van der Waals surface area contributed by atoms with Gasteiger partial charge in [-0.1, -0.05) is 26.0 Å². The van der Waals surface area contributed by atoms with Crippen LogP contribution in [0.25, 0.3) is 0 Å². The zero-order chi connectivity index (χ0) is 19.1. The van der Waals surface area contributed by atoms with Crippen LogP contribution in [0.1, 0.15) is 46.0 Å². The number of amides is 2. The molecule has 0 fully saturated rings. The Bertz CT molecular complexity index is 780. The molecule has 0 aliphatic heterocycles. The van der Waals surface area contributed by atoms with Crippen molar-refractivity contribution in [3.05, 3.63) is 65.2 Å². The summed E-state index contributed by atoms with van der Waals surface area (Å²) in [5.74, 6) is -0.726. The summed E-state index contributed by atoms with van der Waals surface area (Å²) in [4.78, 5) is 35.2. The maximum Gasteiger partial charge on any atom is 0.325 e. The number of rotatable bonds is 6. The van der Waals surface area contributed by atoms with Crippen molar-refractivity contribution in [2.24, 2.45) is 0 Å². The average molecular weight is 354 g/mol. The molecule has 2 rings (SSSR count). The van der Waals surface area contributed by atoms with Crippen LogP contribution in [0, 0.1) is 0 Å². The van der Waals surface area contributed by atoms with Crippen molar-refractivity contribution in [3.8, 4) is 0 Å². The summed E-state index contributed by atoms with van der Waals surface area (Å²) in [6.07, 6.45) is 0. The van der Waals surface area contributed by atoms with Gasteiger partial charge in [0.1, 0.15) is 6.54 Å². The van der Waals surface area contributed by atoms with Gasteiger partial charge in [0.25, 0.3) is 11.8 Å². The molecule has 0 radical (unpaired) electrons. The minimum absolute atomic E-state index is 0.194. The van der Waals surface area contributed by atoms with Crippen LogP contribution < -0.4 is 10.6 Å². The van der Waals surface area contributed by atoms with E-state index in [0.29, 0.717) is 22.7 Å². The highest BCUT2D eigenvalue weighted by atomic mass is 16.5. The number of hydrogen-bond donors (Lipinski definition) is 2. The molecule has 0 heterocycles. The fraction of sp³-hybridized carbons (Fsp3) is 0.250. The standard InChI is InChI=1S/C20H22N2O4/c1-13(2)14-4-6-16(7-5-14)20(25)22-17-10-8-15(9-11-17)19(24)21-12-18(23)26-3/h4-11,13H,12H2,1-3H3,(H,21,24)(H,22,25). The molecule has 0 unspecified atom stereocenters. The first kappa shape index (κ1) is 19.2. The molecule has 136 valence electrons. The number of nitrogens with one attached hydrogen (secondary N) is 2. The number of esters is 1. The third-order valence-electron chi connectivity index (χ3n) is 3.87. The average Bonchev–Trinajstić information content (AvgIpc) is 2.66. The molecular weight excluding hydrogens is 332 g/mol. The highest BCUT2D eigenvalue weighted by Gasteiger charge is 2.10. The smallest absolute Gasteiger partial charge is 0.325 e. The van der Waals surface area contributed by atoms with E-state index in [0.717, 1.165) is 0 Å². The Morgan fingerprint density at radius 2 is 1.42 bits per heavy atom. The zero-order valence-electron chi connectivity index (χ0n) is 15.0. The Kier molecular flexibility index (Phi) is 6.49. The minimum atomic E-state index is -0.522. The zero-order valence-corrected chi connectivity index (χ0v) is 15.0. The van der Waals surface area contributed by atoms with Crippen molar-refractivity contribution in [2.45, 2.75) is 19.8 Å². The highest BCUT2D eigenvalue weighted by molar-refractivity contribution is 6.04. The van der Waals surface area contributed by atoms with E-state index in [1.54, 1.807) is 36.4 Å². The van der Waals surface area contributed by atoms with Gasteiger partial charge in [-0.15, -0.1) is 0 Å². The first-order valence-electron chi connectivity index (χ1n) is 8.27. The summed E-state index contributed by atoms with van der Waals surface area (Å²) < 4.78 is 4.46. The highest BCUT2D eigenvalue weighted by Crippen LogP contribution is 2.16. The molecule has 0 bridgehead atoms. The maximum atomic E-state index is 12.3. The van der Waals surface area contributed by atoms with E-state index in [1.165, 1.54) is 12.7 Å². The van der Waals surface area contributed by atoms with Gasteiger partial charge in [-0.05, 0) is 47.9 Å². The van der Waals surface area contributed by atoms with Gasteiger partial charge in [0.15, 0.2) is 0 Å². The fourth-order valence-corrected chi connectivity index (χ4v) is 2.25. The quantitative estimate of drug-likeness (QED) is 0.781. The van der Waals surface area contributed by atoms with Crippen LogP contribution >= 0.6 is 0 Å². The summed E-state index contributed by atoms with van der Waals surface area (Å²) in [5, 5.41) is 5.24. The van der Waals surface area contributed by atoms with Crippen LogP contribution in [0.4, 0.5) is 5.69 Å². The van der Waals surface area contributed by atoms with E-state index in [9.17, 15) is 14.4 Å². The normalized spacial score (nSPS) is 10.3. The second kappa shape index (κ2) is 8.80. The van der Waals surface area contributed by atoms with Crippen LogP contribution in [0.3, 0.4) is 0 Å². The number of ether oxygens (including phenoxy) is 1. The third-order valence-corrected chi connectivity index (χ3v) is 3.87. The molecule has 2 aromatic carbocycles. The molecule has 2 N–H and O–H groups in total. The molecule has 26 heavy (non-hydrogen) atoms. The lowest BCUT2D eigenvalue weighted by Crippen LogP contribution is -2.30. The van der Waals surface area contributed by atoms with Gasteiger partial charge in [0, 0.05) is 16.8 Å². The van der Waals surface area contributed by atoms with Crippen LogP contribution in [-0.2, 0) is 9.53 Å². The minimum Gasteiger partial charge on any atom is -0.468 e. The van der Waals surface area contributed by atoms with Crippen LogP contribution in [0.15, 0.2) is 48.5 Å². The van der Waals surface area contributed by atoms with E-state index in [-0.39, 0.29) is 12.5 Å². The maximum absolute atomic E-state index is 12.3. The molecule has 0 spiro atoms.